The highest BCUT2D eigenvalue weighted by Gasteiger charge is 2.16. The molecule has 0 spiro atoms. The molecule has 0 radical (unpaired) electrons. The lowest BCUT2D eigenvalue weighted by atomic mass is 10.0. The van der Waals surface area contributed by atoms with E-state index in [1.165, 1.54) is 12.1 Å². The van der Waals surface area contributed by atoms with E-state index < -0.39 is 11.6 Å². The van der Waals surface area contributed by atoms with E-state index in [1.54, 1.807) is 18.2 Å². The summed E-state index contributed by atoms with van der Waals surface area (Å²) in [5, 5.41) is 3.03. The second kappa shape index (κ2) is 7.06. The molecule has 3 aromatic carbocycles. The maximum atomic E-state index is 12.4. The summed E-state index contributed by atoms with van der Waals surface area (Å²) in [7, 11) is 0. The number of fused-ring (bicyclic) bond motifs is 3. The molecule has 0 fully saturated rings. The topological polar surface area (TPSA) is 56.5 Å². The van der Waals surface area contributed by atoms with Crippen molar-refractivity contribution in [2.24, 2.45) is 0 Å². The Morgan fingerprint density at radius 1 is 1.00 bits per heavy atom. The number of halogens is 2. The monoisotopic (exact) mass is 398 g/mol. The Balaban J connectivity index is 1.75. The van der Waals surface area contributed by atoms with Crippen LogP contribution in [-0.4, -0.2) is 5.97 Å². The van der Waals surface area contributed by atoms with Crippen LogP contribution >= 0.6 is 23.2 Å². The maximum Gasteiger partial charge on any atom is 0.340 e. The van der Waals surface area contributed by atoms with Gasteiger partial charge in [-0.15, -0.1) is 0 Å². The highest BCUT2D eigenvalue weighted by atomic mass is 35.5. The SMILES string of the molecule is O=C(OCc1cc(=O)oc2ccc3ccccc3c12)c1cccc(Cl)c1Cl. The summed E-state index contributed by atoms with van der Waals surface area (Å²) in [5.41, 5.74) is 0.656. The van der Waals surface area contributed by atoms with Crippen molar-refractivity contribution in [3.8, 4) is 0 Å². The summed E-state index contributed by atoms with van der Waals surface area (Å²) in [4.78, 5) is 24.3. The summed E-state index contributed by atoms with van der Waals surface area (Å²) in [6.07, 6.45) is 0. The fourth-order valence-electron chi connectivity index (χ4n) is 3.02. The third kappa shape index (κ3) is 3.29. The fourth-order valence-corrected chi connectivity index (χ4v) is 3.39. The van der Waals surface area contributed by atoms with E-state index in [9.17, 15) is 9.59 Å². The molecule has 1 aromatic heterocycles. The van der Waals surface area contributed by atoms with Crippen LogP contribution in [0.3, 0.4) is 0 Å². The number of carbonyl (C=O) groups excluding carboxylic acids is 1. The molecule has 0 unspecified atom stereocenters. The Morgan fingerprint density at radius 2 is 1.81 bits per heavy atom. The van der Waals surface area contributed by atoms with E-state index in [-0.39, 0.29) is 22.2 Å². The van der Waals surface area contributed by atoms with Gasteiger partial charge in [0.15, 0.2) is 0 Å². The molecular weight excluding hydrogens is 387 g/mol. The van der Waals surface area contributed by atoms with Gasteiger partial charge in [0, 0.05) is 17.0 Å². The lowest BCUT2D eigenvalue weighted by Gasteiger charge is -2.10. The average Bonchev–Trinajstić information content (AvgIpc) is 2.67. The van der Waals surface area contributed by atoms with Crippen LogP contribution in [0.1, 0.15) is 15.9 Å². The Kier molecular flexibility index (Phi) is 4.60. The van der Waals surface area contributed by atoms with Crippen LogP contribution in [0.4, 0.5) is 0 Å². The quantitative estimate of drug-likeness (QED) is 0.255. The smallest absolute Gasteiger partial charge is 0.340 e. The van der Waals surface area contributed by atoms with Crippen LogP contribution in [0.2, 0.25) is 10.0 Å². The molecule has 27 heavy (non-hydrogen) atoms. The molecule has 6 heteroatoms. The lowest BCUT2D eigenvalue weighted by molar-refractivity contribution is 0.0474. The molecule has 0 atom stereocenters. The van der Waals surface area contributed by atoms with Crippen molar-refractivity contribution in [3.63, 3.8) is 0 Å². The van der Waals surface area contributed by atoms with Gasteiger partial charge >= 0.3 is 11.6 Å². The van der Waals surface area contributed by atoms with Crippen LogP contribution in [0.25, 0.3) is 21.7 Å². The molecule has 4 rings (SSSR count). The lowest BCUT2D eigenvalue weighted by Crippen LogP contribution is -2.08. The number of hydrogen-bond acceptors (Lipinski definition) is 4. The van der Waals surface area contributed by atoms with Crippen LogP contribution in [0.5, 0.6) is 0 Å². The molecule has 1 heterocycles. The second-order valence-corrected chi connectivity index (χ2v) is 6.71. The van der Waals surface area contributed by atoms with Gasteiger partial charge in [-0.1, -0.05) is 59.6 Å². The Morgan fingerprint density at radius 3 is 2.67 bits per heavy atom. The highest BCUT2D eigenvalue weighted by molar-refractivity contribution is 6.43. The molecule has 134 valence electrons. The van der Waals surface area contributed by atoms with Gasteiger partial charge in [-0.2, -0.15) is 0 Å². The summed E-state index contributed by atoms with van der Waals surface area (Å²) < 4.78 is 10.7. The predicted molar refractivity (Wildman–Crippen MR) is 106 cm³/mol. The number of benzene rings is 3. The molecular formula is C21H12Cl2O4. The summed E-state index contributed by atoms with van der Waals surface area (Å²) >= 11 is 12.0. The third-order valence-electron chi connectivity index (χ3n) is 4.24. The first-order valence-corrected chi connectivity index (χ1v) is 8.86. The van der Waals surface area contributed by atoms with Crippen LogP contribution < -0.4 is 5.63 Å². The van der Waals surface area contributed by atoms with Crippen molar-refractivity contribution >= 4 is 50.9 Å². The molecule has 0 aliphatic carbocycles. The minimum absolute atomic E-state index is 0.0994. The van der Waals surface area contributed by atoms with Crippen molar-refractivity contribution < 1.29 is 13.9 Å². The Bertz CT molecular complexity index is 1240. The molecule has 0 aliphatic heterocycles. The molecule has 4 aromatic rings. The minimum atomic E-state index is -0.621. The van der Waals surface area contributed by atoms with Gasteiger partial charge in [-0.3, -0.25) is 0 Å². The van der Waals surface area contributed by atoms with Gasteiger partial charge in [-0.05, 0) is 29.0 Å². The van der Waals surface area contributed by atoms with E-state index in [0.29, 0.717) is 11.1 Å². The van der Waals surface area contributed by atoms with Gasteiger partial charge in [0.1, 0.15) is 12.2 Å². The second-order valence-electron chi connectivity index (χ2n) is 5.93. The van der Waals surface area contributed by atoms with Crippen molar-refractivity contribution in [1.29, 1.82) is 0 Å². The molecule has 0 aliphatic rings. The van der Waals surface area contributed by atoms with Crippen LogP contribution in [0.15, 0.2) is 69.9 Å². The molecule has 0 N–H and O–H groups in total. The van der Waals surface area contributed by atoms with Crippen molar-refractivity contribution in [2.75, 3.05) is 0 Å². The maximum absolute atomic E-state index is 12.4. The zero-order valence-corrected chi connectivity index (χ0v) is 15.4. The van der Waals surface area contributed by atoms with E-state index in [2.05, 4.69) is 0 Å². The first-order chi connectivity index (χ1) is 13.0. The molecule has 0 saturated carbocycles. The third-order valence-corrected chi connectivity index (χ3v) is 5.06. The van der Waals surface area contributed by atoms with Gasteiger partial charge in [0.05, 0.1) is 15.6 Å². The number of ether oxygens (including phenoxy) is 1. The summed E-state index contributed by atoms with van der Waals surface area (Å²) in [5.74, 6) is -0.621. The number of carbonyl (C=O) groups is 1. The van der Waals surface area contributed by atoms with Crippen LogP contribution in [-0.2, 0) is 11.3 Å². The van der Waals surface area contributed by atoms with Gasteiger partial charge in [0.25, 0.3) is 0 Å². The first kappa shape index (κ1) is 17.6. The fraction of sp³-hybridized carbons (Fsp3) is 0.0476. The van der Waals surface area contributed by atoms with Crippen LogP contribution in [0, 0.1) is 0 Å². The predicted octanol–water partition coefficient (Wildman–Crippen LogP) is 5.61. The summed E-state index contributed by atoms with van der Waals surface area (Å²) in [6, 6.07) is 17.4. The Hall–Kier alpha value is -2.82. The summed E-state index contributed by atoms with van der Waals surface area (Å²) in [6.45, 7) is -0.0994. The number of rotatable bonds is 3. The standard InChI is InChI=1S/C21H12Cl2O4/c22-16-7-3-6-15(20(16)23)21(25)26-11-13-10-18(24)27-17-9-8-12-4-1-2-5-14(12)19(13)17/h1-10H,11H2. The minimum Gasteiger partial charge on any atom is -0.457 e. The van der Waals surface area contributed by atoms with Gasteiger partial charge < -0.3 is 9.15 Å². The average molecular weight is 399 g/mol. The van der Waals surface area contributed by atoms with E-state index in [4.69, 9.17) is 32.4 Å². The van der Waals surface area contributed by atoms with Crippen molar-refractivity contribution in [3.05, 3.63) is 92.3 Å². The zero-order chi connectivity index (χ0) is 19.0. The van der Waals surface area contributed by atoms with Crippen molar-refractivity contribution in [1.82, 2.24) is 0 Å². The Labute approximate surface area is 163 Å². The molecule has 0 amide bonds. The van der Waals surface area contributed by atoms with E-state index in [0.717, 1.165) is 16.2 Å². The largest absolute Gasteiger partial charge is 0.457 e. The molecule has 4 nitrogen and oxygen atoms in total. The van der Waals surface area contributed by atoms with E-state index in [1.807, 2.05) is 30.3 Å². The molecule has 0 bridgehead atoms. The van der Waals surface area contributed by atoms with Crippen molar-refractivity contribution in [2.45, 2.75) is 6.61 Å². The molecule has 0 saturated heterocycles. The highest BCUT2D eigenvalue weighted by Crippen LogP contribution is 2.29. The number of esters is 1. The first-order valence-electron chi connectivity index (χ1n) is 8.10. The zero-order valence-electron chi connectivity index (χ0n) is 13.9. The van der Waals surface area contributed by atoms with Gasteiger partial charge in [0.2, 0.25) is 0 Å². The number of hydrogen-bond donors (Lipinski definition) is 0. The van der Waals surface area contributed by atoms with Gasteiger partial charge in [-0.25, -0.2) is 9.59 Å². The van der Waals surface area contributed by atoms with E-state index >= 15 is 0 Å². The normalized spacial score (nSPS) is 11.0.